The first-order valence-electron chi connectivity index (χ1n) is 7.15. The monoisotopic (exact) mass is 293 g/mol. The lowest BCUT2D eigenvalue weighted by Gasteiger charge is -2.11. The molecule has 4 N–H and O–H groups in total. The molecule has 6 heteroatoms. The number of amides is 1. The molecular weight excluding hydrogens is 270 g/mol. The van der Waals surface area contributed by atoms with Crippen LogP contribution in [0.1, 0.15) is 37.0 Å². The van der Waals surface area contributed by atoms with Crippen LogP contribution in [-0.4, -0.2) is 31.6 Å². The lowest BCUT2D eigenvalue weighted by atomic mass is 10.1. The van der Waals surface area contributed by atoms with Gasteiger partial charge < -0.3 is 21.1 Å². The van der Waals surface area contributed by atoms with Gasteiger partial charge in [0.2, 0.25) is 0 Å². The topological polar surface area (TPSA) is 93.5 Å². The molecule has 0 heterocycles. The lowest BCUT2D eigenvalue weighted by molar-refractivity contribution is -0.143. The zero-order valence-corrected chi connectivity index (χ0v) is 12.6. The normalized spacial score (nSPS) is 10.0. The minimum absolute atomic E-state index is 0.132. The van der Waals surface area contributed by atoms with E-state index in [1.807, 2.05) is 6.92 Å². The fourth-order valence-electron chi connectivity index (χ4n) is 1.80. The number of carbonyl (C=O) groups is 2. The maximum atomic E-state index is 11.8. The summed E-state index contributed by atoms with van der Waals surface area (Å²) in [4.78, 5) is 23.0. The van der Waals surface area contributed by atoms with E-state index < -0.39 is 0 Å². The van der Waals surface area contributed by atoms with E-state index in [0.29, 0.717) is 49.5 Å². The second-order valence-corrected chi connectivity index (χ2v) is 4.50. The Hall–Kier alpha value is -2.24. The van der Waals surface area contributed by atoms with Crippen LogP contribution in [-0.2, 0) is 9.53 Å². The number of carbonyl (C=O) groups excluding carboxylic acids is 2. The first-order chi connectivity index (χ1) is 10.1. The molecule has 0 aliphatic carbocycles. The Balaban J connectivity index is 2.52. The fourth-order valence-corrected chi connectivity index (χ4v) is 1.80. The number of rotatable bonds is 8. The number of nitrogen functional groups attached to an aromatic ring is 1. The number of benzene rings is 1. The van der Waals surface area contributed by atoms with E-state index in [2.05, 4.69) is 10.6 Å². The maximum Gasteiger partial charge on any atom is 0.305 e. The number of nitrogens with one attached hydrogen (secondary N) is 2. The van der Waals surface area contributed by atoms with Gasteiger partial charge in [-0.3, -0.25) is 9.59 Å². The average molecular weight is 293 g/mol. The summed E-state index contributed by atoms with van der Waals surface area (Å²) in [6, 6.07) is 5.09. The van der Waals surface area contributed by atoms with Gasteiger partial charge in [-0.1, -0.05) is 0 Å². The van der Waals surface area contributed by atoms with Crippen molar-refractivity contribution in [1.82, 2.24) is 5.32 Å². The largest absolute Gasteiger partial charge is 0.466 e. The van der Waals surface area contributed by atoms with E-state index >= 15 is 0 Å². The molecule has 1 amide bonds. The predicted molar refractivity (Wildman–Crippen MR) is 83.2 cm³/mol. The Morgan fingerprint density at radius 3 is 2.71 bits per heavy atom. The molecule has 1 aromatic rings. The zero-order chi connectivity index (χ0) is 15.7. The van der Waals surface area contributed by atoms with Crippen molar-refractivity contribution >= 4 is 23.3 Å². The third-order valence-corrected chi connectivity index (χ3v) is 2.83. The molecule has 0 bridgehead atoms. The van der Waals surface area contributed by atoms with Gasteiger partial charge in [0, 0.05) is 25.1 Å². The molecule has 0 spiro atoms. The van der Waals surface area contributed by atoms with Crippen LogP contribution in [0.15, 0.2) is 18.2 Å². The van der Waals surface area contributed by atoms with Gasteiger partial charge >= 0.3 is 5.97 Å². The molecule has 21 heavy (non-hydrogen) atoms. The highest BCUT2D eigenvalue weighted by atomic mass is 16.5. The number of esters is 1. The summed E-state index contributed by atoms with van der Waals surface area (Å²) in [5, 5.41) is 5.87. The summed E-state index contributed by atoms with van der Waals surface area (Å²) < 4.78 is 4.85. The van der Waals surface area contributed by atoms with Crippen molar-refractivity contribution in [3.05, 3.63) is 23.8 Å². The number of ether oxygens (including phenoxy) is 1. The van der Waals surface area contributed by atoms with Gasteiger partial charge in [-0.25, -0.2) is 0 Å². The molecule has 0 atom stereocenters. The third kappa shape index (κ3) is 5.72. The molecule has 6 nitrogen and oxygen atoms in total. The minimum atomic E-state index is -0.205. The maximum absolute atomic E-state index is 11.8. The fraction of sp³-hybridized carbons (Fsp3) is 0.467. The van der Waals surface area contributed by atoms with Crippen LogP contribution in [0.2, 0.25) is 0 Å². The highest BCUT2D eigenvalue weighted by Gasteiger charge is 2.07. The number of hydrogen-bond acceptors (Lipinski definition) is 5. The quantitative estimate of drug-likeness (QED) is 0.386. The molecular formula is C15H23N3O3. The van der Waals surface area contributed by atoms with Crippen LogP contribution >= 0.6 is 0 Å². The second kappa shape index (κ2) is 8.84. The molecule has 0 fully saturated rings. The van der Waals surface area contributed by atoms with Gasteiger partial charge in [0.1, 0.15) is 0 Å². The first kappa shape index (κ1) is 16.8. The Labute approximate surface area is 125 Å². The van der Waals surface area contributed by atoms with E-state index in [1.54, 1.807) is 25.1 Å². The molecule has 0 saturated carbocycles. The van der Waals surface area contributed by atoms with Crippen LogP contribution in [0.5, 0.6) is 0 Å². The summed E-state index contributed by atoms with van der Waals surface area (Å²) >= 11 is 0. The van der Waals surface area contributed by atoms with Gasteiger partial charge in [0.15, 0.2) is 0 Å². The minimum Gasteiger partial charge on any atom is -0.466 e. The van der Waals surface area contributed by atoms with Crippen molar-refractivity contribution in [3.8, 4) is 0 Å². The van der Waals surface area contributed by atoms with Crippen molar-refractivity contribution in [2.45, 2.75) is 26.7 Å². The van der Waals surface area contributed by atoms with Crippen molar-refractivity contribution in [1.29, 1.82) is 0 Å². The van der Waals surface area contributed by atoms with Crippen LogP contribution in [0, 0.1) is 0 Å². The summed E-state index contributed by atoms with van der Waals surface area (Å²) in [6.07, 6.45) is 1.00. The molecule has 0 radical (unpaired) electrons. The average Bonchev–Trinajstić information content (AvgIpc) is 2.45. The van der Waals surface area contributed by atoms with E-state index in [0.717, 1.165) is 0 Å². The molecule has 0 aliphatic rings. The Kier molecular flexibility index (Phi) is 7.08. The van der Waals surface area contributed by atoms with Gasteiger partial charge in [-0.15, -0.1) is 0 Å². The SMILES string of the molecule is CCNC(=O)c1ccc(N)c(NCCCC(=O)OCC)c1. The lowest BCUT2D eigenvalue weighted by Crippen LogP contribution is -2.22. The van der Waals surface area contributed by atoms with E-state index in [4.69, 9.17) is 10.5 Å². The molecule has 0 unspecified atom stereocenters. The van der Waals surface area contributed by atoms with Crippen LogP contribution in [0.4, 0.5) is 11.4 Å². The predicted octanol–water partition coefficient (Wildman–Crippen LogP) is 1.77. The molecule has 1 rings (SSSR count). The van der Waals surface area contributed by atoms with Gasteiger partial charge in [-0.05, 0) is 38.5 Å². The van der Waals surface area contributed by atoms with Gasteiger partial charge in [0.25, 0.3) is 5.91 Å². The first-order valence-corrected chi connectivity index (χ1v) is 7.15. The van der Waals surface area contributed by atoms with Crippen LogP contribution < -0.4 is 16.4 Å². The van der Waals surface area contributed by atoms with Crippen LogP contribution in [0.3, 0.4) is 0 Å². The summed E-state index contributed by atoms with van der Waals surface area (Å²) in [5.74, 6) is -0.338. The number of hydrogen-bond donors (Lipinski definition) is 3. The molecule has 0 aliphatic heterocycles. The third-order valence-electron chi connectivity index (χ3n) is 2.83. The highest BCUT2D eigenvalue weighted by Crippen LogP contribution is 2.20. The van der Waals surface area contributed by atoms with Gasteiger partial charge in [0.05, 0.1) is 18.0 Å². The molecule has 0 aromatic heterocycles. The van der Waals surface area contributed by atoms with Crippen molar-refractivity contribution < 1.29 is 14.3 Å². The molecule has 1 aromatic carbocycles. The van der Waals surface area contributed by atoms with Crippen molar-refractivity contribution in [2.75, 3.05) is 30.7 Å². The summed E-state index contributed by atoms with van der Waals surface area (Å²) in [6.45, 7) is 5.20. The summed E-state index contributed by atoms with van der Waals surface area (Å²) in [7, 11) is 0. The van der Waals surface area contributed by atoms with Crippen molar-refractivity contribution in [3.63, 3.8) is 0 Å². The zero-order valence-electron chi connectivity index (χ0n) is 12.6. The number of anilines is 2. The number of nitrogens with two attached hydrogens (primary N) is 1. The molecule has 116 valence electrons. The summed E-state index contributed by atoms with van der Waals surface area (Å²) in [5.41, 5.74) is 7.69. The smallest absolute Gasteiger partial charge is 0.305 e. The standard InChI is InChI=1S/C15H23N3O3/c1-3-17-15(20)11-7-8-12(16)13(10-11)18-9-5-6-14(19)21-4-2/h7-8,10,18H,3-6,9,16H2,1-2H3,(H,17,20). The molecule has 0 saturated heterocycles. The second-order valence-electron chi connectivity index (χ2n) is 4.50. The Bertz CT molecular complexity index is 489. The Morgan fingerprint density at radius 2 is 2.05 bits per heavy atom. The van der Waals surface area contributed by atoms with Crippen molar-refractivity contribution in [2.24, 2.45) is 0 Å². The van der Waals surface area contributed by atoms with E-state index in [9.17, 15) is 9.59 Å². The highest BCUT2D eigenvalue weighted by molar-refractivity contribution is 5.96. The van der Waals surface area contributed by atoms with E-state index in [1.165, 1.54) is 0 Å². The van der Waals surface area contributed by atoms with Gasteiger partial charge in [-0.2, -0.15) is 0 Å². The van der Waals surface area contributed by atoms with Crippen LogP contribution in [0.25, 0.3) is 0 Å². The Morgan fingerprint density at radius 1 is 1.29 bits per heavy atom. The van der Waals surface area contributed by atoms with E-state index in [-0.39, 0.29) is 11.9 Å².